The van der Waals surface area contributed by atoms with Gasteiger partial charge in [-0.3, -0.25) is 0 Å². The molecule has 1 aliphatic carbocycles. The van der Waals surface area contributed by atoms with Crippen LogP contribution in [-0.2, 0) is 75.7 Å². The Morgan fingerprint density at radius 3 is 1.14 bits per heavy atom. The van der Waals surface area contributed by atoms with Gasteiger partial charge in [0, 0.05) is 68.9 Å². The third-order valence-electron chi connectivity index (χ3n) is 13.1. The van der Waals surface area contributed by atoms with Crippen LogP contribution in [0.25, 0.3) is 0 Å². The molecule has 2 saturated heterocycles. The second kappa shape index (κ2) is 30.0. The second-order valence-corrected chi connectivity index (χ2v) is 23.5. The number of nitrogens with two attached hydrogens (primary N) is 5. The van der Waals surface area contributed by atoms with Crippen molar-refractivity contribution in [2.45, 2.75) is 131 Å². The van der Waals surface area contributed by atoms with Crippen molar-refractivity contribution in [2.75, 3.05) is 13.2 Å². The van der Waals surface area contributed by atoms with E-state index in [1.165, 1.54) is 0 Å². The van der Waals surface area contributed by atoms with Gasteiger partial charge in [-0.1, -0.05) is 116 Å². The third kappa shape index (κ3) is 17.9. The standard InChI is InChI=1S/C53H57Cl10N5O9.ClH/c54-30-1-25(2-31(55)11-30)19-69-24-45-49(71-21-27-5-34(58)13-35(59)6-27)46(68)50(72-22-28-7-36(60)14-37(61)8-28)53(75-45)77-48-41(66)16-40(65)47(51(48)73-23-29-9-38(62)15-39(63)10-29)76-52-42(67)17-43(44(18-64)74-52)70-20-26-3-32(56)12-33(57)4-26;/h1-15,40-53H,16-24,64-68H2;1H/t40-,41+,42+,43-,44+,45+,46-,47+,48-,49+,50+,51-,52+,53+;/m0./s1. The molecule has 3 aliphatic rings. The van der Waals surface area contributed by atoms with Crippen molar-refractivity contribution in [3.63, 3.8) is 0 Å². The Morgan fingerprint density at radius 2 is 0.731 bits per heavy atom. The molecule has 0 bridgehead atoms. The summed E-state index contributed by atoms with van der Waals surface area (Å²) < 4.78 is 60.1. The lowest BCUT2D eigenvalue weighted by Crippen LogP contribution is -2.69. The van der Waals surface area contributed by atoms with Gasteiger partial charge in [0.05, 0.1) is 63.9 Å². The summed E-state index contributed by atoms with van der Waals surface area (Å²) in [4.78, 5) is 0. The first-order valence-electron chi connectivity index (χ1n) is 24.4. The smallest absolute Gasteiger partial charge is 0.186 e. The SMILES string of the molecule is Cl.NC[C@H]1O[C@H](O[C@H]2[C@H](OCc3cc(Cl)cc(Cl)c3)[C@@H](O[C@H]3O[C@H](COCc4cc(Cl)cc(Cl)c4)[C@@H](OCc4cc(Cl)cc(Cl)c4)[C@H](N)[C@H]3OCc3cc(Cl)cc(Cl)c3)[C@H](N)C[C@@H]2N)[C@H](N)C[C@@H]1OCc1cc(Cl)cc(Cl)c1. The first-order chi connectivity index (χ1) is 36.8. The number of hydrogen-bond donors (Lipinski definition) is 5. The summed E-state index contributed by atoms with van der Waals surface area (Å²) in [6.07, 6.45) is -8.91. The van der Waals surface area contributed by atoms with Gasteiger partial charge in [0.25, 0.3) is 0 Å². The third-order valence-corrected chi connectivity index (χ3v) is 15.3. The van der Waals surface area contributed by atoms with Gasteiger partial charge in [0.1, 0.15) is 36.6 Å². The molecule has 0 spiro atoms. The van der Waals surface area contributed by atoms with Gasteiger partial charge in [-0.05, 0) is 132 Å². The van der Waals surface area contributed by atoms with Crippen LogP contribution in [0.1, 0.15) is 40.7 Å². The molecule has 0 unspecified atom stereocenters. The highest BCUT2D eigenvalue weighted by Gasteiger charge is 2.53. The second-order valence-electron chi connectivity index (χ2n) is 19.1. The van der Waals surface area contributed by atoms with Gasteiger partial charge >= 0.3 is 0 Å². The molecule has 0 aromatic heterocycles. The number of hydrogen-bond acceptors (Lipinski definition) is 14. The van der Waals surface area contributed by atoms with Crippen LogP contribution in [-0.4, -0.2) is 98.7 Å². The van der Waals surface area contributed by atoms with Crippen LogP contribution in [0.5, 0.6) is 0 Å². The summed E-state index contributed by atoms with van der Waals surface area (Å²) in [6, 6.07) is 22.3. The van der Waals surface area contributed by atoms with Crippen molar-refractivity contribution in [1.29, 1.82) is 0 Å². The van der Waals surface area contributed by atoms with Crippen LogP contribution in [0.2, 0.25) is 50.2 Å². The lowest BCUT2D eigenvalue weighted by molar-refractivity contribution is -0.330. The quantitative estimate of drug-likeness (QED) is 0.0463. The van der Waals surface area contributed by atoms with Gasteiger partial charge in [-0.2, -0.15) is 0 Å². The van der Waals surface area contributed by atoms with Gasteiger partial charge in [0.2, 0.25) is 0 Å². The normalized spacial score (nSPS) is 28.3. The molecule has 0 amide bonds. The lowest BCUT2D eigenvalue weighted by Gasteiger charge is -2.50. The fourth-order valence-electron chi connectivity index (χ4n) is 9.66. The average Bonchev–Trinajstić information content (AvgIpc) is 3.48. The zero-order chi connectivity index (χ0) is 55.1. The van der Waals surface area contributed by atoms with Crippen molar-refractivity contribution in [3.8, 4) is 0 Å². The molecule has 78 heavy (non-hydrogen) atoms. The zero-order valence-electron chi connectivity index (χ0n) is 41.4. The Hall–Kier alpha value is -1.27. The van der Waals surface area contributed by atoms with Crippen molar-refractivity contribution in [2.24, 2.45) is 28.7 Å². The maximum absolute atomic E-state index is 7.31. The summed E-state index contributed by atoms with van der Waals surface area (Å²) in [5.74, 6) is 0. The summed E-state index contributed by atoms with van der Waals surface area (Å²) in [5.41, 5.74) is 38.0. The molecule has 2 aliphatic heterocycles. The monoisotopic (exact) mass is 1290 g/mol. The Morgan fingerprint density at radius 1 is 0.385 bits per heavy atom. The summed E-state index contributed by atoms with van der Waals surface area (Å²) in [7, 11) is 0. The number of ether oxygens (including phenoxy) is 9. The lowest BCUT2D eigenvalue weighted by atomic mass is 9.84. The van der Waals surface area contributed by atoms with E-state index in [0.717, 1.165) is 5.56 Å². The van der Waals surface area contributed by atoms with Crippen LogP contribution >= 0.6 is 128 Å². The summed E-state index contributed by atoms with van der Waals surface area (Å²) in [6.45, 7) is 0.246. The van der Waals surface area contributed by atoms with E-state index in [1.807, 2.05) is 0 Å². The van der Waals surface area contributed by atoms with E-state index >= 15 is 0 Å². The highest BCUT2D eigenvalue weighted by atomic mass is 35.5. The van der Waals surface area contributed by atoms with E-state index in [0.29, 0.717) is 78.9 Å². The van der Waals surface area contributed by atoms with E-state index < -0.39 is 85.6 Å². The predicted octanol–water partition coefficient (Wildman–Crippen LogP) is 11.8. The maximum atomic E-state index is 7.31. The highest BCUT2D eigenvalue weighted by Crippen LogP contribution is 2.37. The molecule has 10 N–H and O–H groups in total. The van der Waals surface area contributed by atoms with Crippen LogP contribution in [0.15, 0.2) is 91.0 Å². The molecular weight excluding hydrogens is 1240 g/mol. The van der Waals surface area contributed by atoms with Crippen molar-refractivity contribution >= 4 is 128 Å². The number of halogens is 11. The van der Waals surface area contributed by atoms with Crippen LogP contribution in [0, 0.1) is 0 Å². The Bertz CT molecular complexity index is 2680. The fourth-order valence-corrected chi connectivity index (χ4v) is 12.5. The zero-order valence-corrected chi connectivity index (χ0v) is 49.7. The Kier molecular flexibility index (Phi) is 24.7. The molecule has 1 saturated carbocycles. The van der Waals surface area contributed by atoms with Gasteiger partial charge in [0.15, 0.2) is 12.6 Å². The number of rotatable bonds is 21. The molecule has 3 fully saturated rings. The summed E-state index contributed by atoms with van der Waals surface area (Å²) in [5, 5.41) is 4.24. The molecule has 25 heteroatoms. The fraction of sp³-hybridized carbons (Fsp3) is 0.434. The molecule has 5 aromatic rings. The average molecular weight is 1300 g/mol. The van der Waals surface area contributed by atoms with E-state index in [9.17, 15) is 0 Å². The van der Waals surface area contributed by atoms with E-state index in [-0.39, 0.29) is 65.0 Å². The molecule has 14 atom stereocenters. The maximum Gasteiger partial charge on any atom is 0.186 e. The van der Waals surface area contributed by atoms with Crippen molar-refractivity contribution in [1.82, 2.24) is 0 Å². The Labute approximate surface area is 509 Å². The molecule has 14 nitrogen and oxygen atoms in total. The first kappa shape index (κ1) is 64.3. The topological polar surface area (TPSA) is 213 Å². The minimum Gasteiger partial charge on any atom is -0.374 e. The minimum atomic E-state index is -1.28. The predicted molar refractivity (Wildman–Crippen MR) is 311 cm³/mol. The number of benzene rings is 5. The van der Waals surface area contributed by atoms with E-state index in [4.69, 9.17) is 187 Å². The van der Waals surface area contributed by atoms with Gasteiger partial charge in [-0.15, -0.1) is 12.4 Å². The largest absolute Gasteiger partial charge is 0.374 e. The van der Waals surface area contributed by atoms with Crippen LogP contribution in [0.4, 0.5) is 0 Å². The highest BCUT2D eigenvalue weighted by molar-refractivity contribution is 6.36. The van der Waals surface area contributed by atoms with E-state index in [2.05, 4.69) is 0 Å². The molecular formula is C53H58Cl11N5O9. The van der Waals surface area contributed by atoms with Crippen molar-refractivity contribution < 1.29 is 42.6 Å². The molecule has 5 aromatic carbocycles. The van der Waals surface area contributed by atoms with Crippen LogP contribution < -0.4 is 28.7 Å². The van der Waals surface area contributed by atoms with Gasteiger partial charge in [-0.25, -0.2) is 0 Å². The molecule has 2 heterocycles. The van der Waals surface area contributed by atoms with Crippen LogP contribution in [0.3, 0.4) is 0 Å². The minimum absolute atomic E-state index is 0. The first-order valence-corrected chi connectivity index (χ1v) is 28.2. The Balaban J connectivity index is 0.00000882. The molecule has 8 rings (SSSR count). The summed E-state index contributed by atoms with van der Waals surface area (Å²) >= 11 is 63.9. The van der Waals surface area contributed by atoms with E-state index in [1.54, 1.807) is 91.0 Å². The molecule has 0 radical (unpaired) electrons. The van der Waals surface area contributed by atoms with Gasteiger partial charge < -0.3 is 71.3 Å². The molecule has 426 valence electrons. The van der Waals surface area contributed by atoms with Crippen molar-refractivity contribution in [3.05, 3.63) is 169 Å².